The van der Waals surface area contributed by atoms with Crippen LogP contribution in [0.15, 0.2) is 29.1 Å². The van der Waals surface area contributed by atoms with Crippen LogP contribution in [0.3, 0.4) is 0 Å². The Morgan fingerprint density at radius 2 is 2.31 bits per heavy atom. The third kappa shape index (κ3) is 0.906. The van der Waals surface area contributed by atoms with Crippen LogP contribution in [0.2, 0.25) is 0 Å². The summed E-state index contributed by atoms with van der Waals surface area (Å²) in [5, 5.41) is 10.8. The predicted octanol–water partition coefficient (Wildman–Crippen LogP) is 1.81. The zero-order chi connectivity index (χ0) is 8.89. The normalized spacial score (nSPS) is 19.2. The zero-order valence-electron chi connectivity index (χ0n) is 7.03. The summed E-state index contributed by atoms with van der Waals surface area (Å²) in [6.45, 7) is 0. The summed E-state index contributed by atoms with van der Waals surface area (Å²) in [6, 6.07) is 1.81. The molecule has 0 amide bonds. The van der Waals surface area contributed by atoms with Gasteiger partial charge in [-0.1, -0.05) is 0 Å². The van der Waals surface area contributed by atoms with Crippen molar-refractivity contribution in [3.63, 3.8) is 0 Å². The van der Waals surface area contributed by atoms with Crippen molar-refractivity contribution in [2.24, 2.45) is 0 Å². The maximum atomic E-state index is 9.90. The highest BCUT2D eigenvalue weighted by Crippen LogP contribution is 2.48. The first-order valence-electron chi connectivity index (χ1n) is 4.34. The lowest BCUT2D eigenvalue weighted by atomic mass is 10.1. The Hall–Kier alpha value is -1.35. The van der Waals surface area contributed by atoms with Gasteiger partial charge in [0, 0.05) is 23.3 Å². The van der Waals surface area contributed by atoms with E-state index in [0.717, 1.165) is 29.4 Å². The average molecular weight is 175 g/mol. The molecule has 0 saturated heterocycles. The van der Waals surface area contributed by atoms with Crippen molar-refractivity contribution in [1.82, 2.24) is 4.98 Å². The number of aliphatic hydroxyl groups is 1. The Labute approximate surface area is 75.0 Å². The highest BCUT2D eigenvalue weighted by molar-refractivity contribution is 5.81. The Bertz CT molecular complexity index is 457. The number of aromatic nitrogens is 1. The molecule has 3 nitrogen and oxygen atoms in total. The van der Waals surface area contributed by atoms with Gasteiger partial charge in [0.2, 0.25) is 0 Å². The lowest BCUT2D eigenvalue weighted by Crippen LogP contribution is -2.02. The van der Waals surface area contributed by atoms with Gasteiger partial charge in [-0.3, -0.25) is 4.98 Å². The fourth-order valence-electron chi connectivity index (χ4n) is 1.62. The molecule has 2 aromatic heterocycles. The lowest BCUT2D eigenvalue weighted by Gasteiger charge is -2.02. The number of furan rings is 1. The van der Waals surface area contributed by atoms with Crippen molar-refractivity contribution in [2.75, 3.05) is 0 Å². The highest BCUT2D eigenvalue weighted by atomic mass is 16.3. The quantitative estimate of drug-likeness (QED) is 0.718. The molecule has 13 heavy (non-hydrogen) atoms. The molecular formula is C10H9NO2. The van der Waals surface area contributed by atoms with E-state index in [2.05, 4.69) is 4.98 Å². The molecule has 2 heterocycles. The minimum Gasteiger partial charge on any atom is -0.464 e. The molecule has 1 aliphatic rings. The van der Waals surface area contributed by atoms with Gasteiger partial charge in [0.05, 0.1) is 11.9 Å². The number of hydrogen-bond acceptors (Lipinski definition) is 3. The van der Waals surface area contributed by atoms with Gasteiger partial charge in [-0.2, -0.15) is 0 Å². The summed E-state index contributed by atoms with van der Waals surface area (Å²) in [5.41, 5.74) is 1.05. The Balaban J connectivity index is 2.30. The van der Waals surface area contributed by atoms with Gasteiger partial charge in [-0.15, -0.1) is 0 Å². The van der Waals surface area contributed by atoms with Gasteiger partial charge in [0.25, 0.3) is 0 Å². The van der Waals surface area contributed by atoms with Gasteiger partial charge in [0.15, 0.2) is 0 Å². The van der Waals surface area contributed by atoms with Crippen LogP contribution in [0.5, 0.6) is 0 Å². The molecule has 0 aromatic carbocycles. The summed E-state index contributed by atoms with van der Waals surface area (Å²) in [7, 11) is 0. The Morgan fingerprint density at radius 1 is 1.46 bits per heavy atom. The van der Waals surface area contributed by atoms with Crippen molar-refractivity contribution in [3.05, 3.63) is 30.3 Å². The molecule has 0 aliphatic heterocycles. The van der Waals surface area contributed by atoms with E-state index in [-0.39, 0.29) is 0 Å². The number of nitrogens with zero attached hydrogens (tertiary/aromatic N) is 1. The van der Waals surface area contributed by atoms with Gasteiger partial charge in [0.1, 0.15) is 5.58 Å². The molecule has 2 aromatic rings. The predicted molar refractivity (Wildman–Crippen MR) is 47.1 cm³/mol. The van der Waals surface area contributed by atoms with Gasteiger partial charge < -0.3 is 9.52 Å². The number of pyridine rings is 1. The molecule has 1 aliphatic carbocycles. The monoisotopic (exact) mass is 175 g/mol. The molecule has 1 fully saturated rings. The molecule has 3 rings (SSSR count). The summed E-state index contributed by atoms with van der Waals surface area (Å²) >= 11 is 0. The maximum absolute atomic E-state index is 9.90. The zero-order valence-corrected chi connectivity index (χ0v) is 7.03. The van der Waals surface area contributed by atoms with Gasteiger partial charge in [-0.25, -0.2) is 0 Å². The van der Waals surface area contributed by atoms with Crippen LogP contribution in [0.1, 0.15) is 18.4 Å². The van der Waals surface area contributed by atoms with E-state index in [9.17, 15) is 5.11 Å². The van der Waals surface area contributed by atoms with Crippen LogP contribution >= 0.6 is 0 Å². The second-order valence-electron chi connectivity index (χ2n) is 3.55. The molecule has 0 bridgehead atoms. The maximum Gasteiger partial charge on any atom is 0.137 e. The molecule has 0 atom stereocenters. The van der Waals surface area contributed by atoms with E-state index in [0.29, 0.717) is 0 Å². The highest BCUT2D eigenvalue weighted by Gasteiger charge is 2.44. The van der Waals surface area contributed by atoms with Gasteiger partial charge >= 0.3 is 0 Å². The third-order valence-electron chi connectivity index (χ3n) is 2.60. The topological polar surface area (TPSA) is 46.3 Å². The molecule has 1 N–H and O–H groups in total. The average Bonchev–Trinajstić information content (AvgIpc) is 2.76. The smallest absolute Gasteiger partial charge is 0.137 e. The van der Waals surface area contributed by atoms with E-state index >= 15 is 0 Å². The summed E-state index contributed by atoms with van der Waals surface area (Å²) in [6.07, 6.45) is 6.73. The third-order valence-corrected chi connectivity index (χ3v) is 2.60. The first-order chi connectivity index (χ1) is 6.30. The largest absolute Gasteiger partial charge is 0.464 e. The SMILES string of the molecule is OC1(c2coc3ccncc23)CC1. The van der Waals surface area contributed by atoms with Crippen molar-refractivity contribution < 1.29 is 9.52 Å². The standard InChI is InChI=1S/C10H9NO2/c12-10(2-3-10)8-6-13-9-1-4-11-5-7(8)9/h1,4-6,12H,2-3H2. The second kappa shape index (κ2) is 2.12. The number of fused-ring (bicyclic) bond motifs is 1. The number of rotatable bonds is 1. The minimum absolute atomic E-state index is 0.631. The van der Waals surface area contributed by atoms with E-state index in [1.807, 2.05) is 6.07 Å². The molecule has 3 heteroatoms. The fraction of sp³-hybridized carbons (Fsp3) is 0.300. The van der Waals surface area contributed by atoms with Crippen LogP contribution in [0.4, 0.5) is 0 Å². The van der Waals surface area contributed by atoms with E-state index in [1.165, 1.54) is 0 Å². The fourth-order valence-corrected chi connectivity index (χ4v) is 1.62. The molecule has 66 valence electrons. The van der Waals surface area contributed by atoms with Crippen LogP contribution < -0.4 is 0 Å². The summed E-state index contributed by atoms with van der Waals surface area (Å²) in [4.78, 5) is 4.02. The Morgan fingerprint density at radius 3 is 3.08 bits per heavy atom. The van der Waals surface area contributed by atoms with Crippen LogP contribution in [0.25, 0.3) is 11.0 Å². The van der Waals surface area contributed by atoms with Crippen LogP contribution in [0, 0.1) is 0 Å². The Kier molecular flexibility index (Phi) is 1.15. The van der Waals surface area contributed by atoms with E-state index in [4.69, 9.17) is 4.42 Å². The molecular weight excluding hydrogens is 166 g/mol. The van der Waals surface area contributed by atoms with E-state index < -0.39 is 5.60 Å². The van der Waals surface area contributed by atoms with Crippen molar-refractivity contribution in [1.29, 1.82) is 0 Å². The second-order valence-corrected chi connectivity index (χ2v) is 3.55. The molecule has 0 radical (unpaired) electrons. The molecule has 0 spiro atoms. The lowest BCUT2D eigenvalue weighted by molar-refractivity contribution is 0.152. The van der Waals surface area contributed by atoms with Crippen molar-refractivity contribution in [2.45, 2.75) is 18.4 Å². The van der Waals surface area contributed by atoms with E-state index in [1.54, 1.807) is 18.7 Å². The molecule has 1 saturated carbocycles. The first-order valence-corrected chi connectivity index (χ1v) is 4.34. The molecule has 0 unspecified atom stereocenters. The van der Waals surface area contributed by atoms with Crippen LogP contribution in [-0.2, 0) is 5.60 Å². The first kappa shape index (κ1) is 7.09. The van der Waals surface area contributed by atoms with Crippen molar-refractivity contribution >= 4 is 11.0 Å². The van der Waals surface area contributed by atoms with Crippen molar-refractivity contribution in [3.8, 4) is 0 Å². The number of hydrogen-bond donors (Lipinski definition) is 1. The summed E-state index contributed by atoms with van der Waals surface area (Å²) in [5.74, 6) is 0. The summed E-state index contributed by atoms with van der Waals surface area (Å²) < 4.78 is 5.32. The van der Waals surface area contributed by atoms with Gasteiger partial charge in [-0.05, 0) is 18.9 Å². The minimum atomic E-state index is -0.631. The van der Waals surface area contributed by atoms with Crippen LogP contribution in [-0.4, -0.2) is 10.1 Å².